The smallest absolute Gasteiger partial charge is 0.339 e. The van der Waals surface area contributed by atoms with Crippen LogP contribution in [-0.4, -0.2) is 56.9 Å². The molecule has 4 aromatic rings. The lowest BCUT2D eigenvalue weighted by atomic mass is 9.71. The van der Waals surface area contributed by atoms with Crippen molar-refractivity contribution in [1.29, 1.82) is 0 Å². The van der Waals surface area contributed by atoms with Gasteiger partial charge in [0.2, 0.25) is 5.91 Å². The van der Waals surface area contributed by atoms with E-state index in [4.69, 9.17) is 33.0 Å². The first-order valence-corrected chi connectivity index (χ1v) is 15.1. The van der Waals surface area contributed by atoms with E-state index in [1.807, 2.05) is 16.8 Å². The third-order valence-electron chi connectivity index (χ3n) is 9.85. The molecule has 0 radical (unpaired) electrons. The highest BCUT2D eigenvalue weighted by Gasteiger charge is 2.67. The number of benzene rings is 3. The Morgan fingerprint density at radius 3 is 2.77 bits per heavy atom. The minimum atomic E-state index is -1.13. The Labute approximate surface area is 256 Å². The number of aromatic nitrogens is 2. The van der Waals surface area contributed by atoms with E-state index >= 15 is 4.39 Å². The van der Waals surface area contributed by atoms with Crippen molar-refractivity contribution in [2.45, 2.75) is 49.2 Å². The average Bonchev–Trinajstić information content (AvgIpc) is 3.56. The first kappa shape index (κ1) is 26.9. The van der Waals surface area contributed by atoms with E-state index in [2.05, 4.69) is 10.2 Å². The standard InChI is InChI=1S/C32H27Cl2FN4O4/c1-43-29-20(30(40)41)10-9-18-23-12-24-28(39(23)37-27(18)29)25(19-3-2-4-21(34)26(19)35)32(38(24)14-15-5-6-15)13-16-7-8-17(33)11-22(16)36-31(32)42/h2-4,7-11,15,24-25,28H,5-6,12-14H2,1H3,(H,36,42)(H,40,41)/t24-,25-,28+,32+/m0/s1. The third kappa shape index (κ3) is 3.74. The lowest BCUT2D eigenvalue weighted by molar-refractivity contribution is -0.129. The number of likely N-dealkylation sites (tertiary alicyclic amines) is 1. The van der Waals surface area contributed by atoms with Crippen LogP contribution in [0.3, 0.4) is 0 Å². The fourth-order valence-corrected chi connectivity index (χ4v) is 8.25. The van der Waals surface area contributed by atoms with Crippen LogP contribution in [0.2, 0.25) is 10.0 Å². The summed E-state index contributed by atoms with van der Waals surface area (Å²) >= 11 is 12.7. The molecule has 0 bridgehead atoms. The summed E-state index contributed by atoms with van der Waals surface area (Å²) in [6, 6.07) is 13.2. The number of ether oxygens (including phenoxy) is 1. The highest BCUT2D eigenvalue weighted by atomic mass is 35.5. The number of carbonyl (C=O) groups is 2. The zero-order chi connectivity index (χ0) is 29.8. The molecular formula is C32H27Cl2FN4O4. The number of halogens is 3. The number of aromatic carboxylic acids is 1. The van der Waals surface area contributed by atoms with Crippen LogP contribution >= 0.6 is 23.2 Å². The van der Waals surface area contributed by atoms with Crippen molar-refractivity contribution in [3.8, 4) is 5.75 Å². The number of rotatable bonds is 5. The summed E-state index contributed by atoms with van der Waals surface area (Å²) < 4.78 is 23.6. The Hall–Kier alpha value is -3.66. The molecule has 1 spiro atoms. The van der Waals surface area contributed by atoms with E-state index in [0.29, 0.717) is 47.1 Å². The Morgan fingerprint density at radius 1 is 1.21 bits per heavy atom. The molecule has 2 fully saturated rings. The molecule has 1 aromatic heterocycles. The Kier molecular flexibility index (Phi) is 5.90. The van der Waals surface area contributed by atoms with E-state index in [1.54, 1.807) is 24.3 Å². The van der Waals surface area contributed by atoms with Crippen molar-refractivity contribution in [1.82, 2.24) is 14.7 Å². The second kappa shape index (κ2) is 9.42. The van der Waals surface area contributed by atoms with Gasteiger partial charge < -0.3 is 15.2 Å². The van der Waals surface area contributed by atoms with E-state index < -0.39 is 29.3 Å². The van der Waals surface area contributed by atoms with Crippen molar-refractivity contribution >= 4 is 51.7 Å². The number of methoxy groups -OCH3 is 1. The molecule has 1 saturated heterocycles. The van der Waals surface area contributed by atoms with E-state index in [-0.39, 0.29) is 28.3 Å². The van der Waals surface area contributed by atoms with Gasteiger partial charge in [0, 0.05) is 53.1 Å². The van der Waals surface area contributed by atoms with Crippen LogP contribution in [-0.2, 0) is 17.6 Å². The molecule has 1 saturated carbocycles. The molecule has 11 heteroatoms. The fourth-order valence-electron chi connectivity index (χ4n) is 7.90. The van der Waals surface area contributed by atoms with Gasteiger partial charge in [-0.2, -0.15) is 5.10 Å². The summed E-state index contributed by atoms with van der Waals surface area (Å²) in [5, 5.41) is 19.2. The van der Waals surface area contributed by atoms with Gasteiger partial charge in [0.25, 0.3) is 0 Å². The predicted octanol–water partition coefficient (Wildman–Crippen LogP) is 6.10. The zero-order valence-corrected chi connectivity index (χ0v) is 24.6. The molecule has 8 rings (SSSR count). The van der Waals surface area contributed by atoms with Crippen LogP contribution in [0.5, 0.6) is 5.75 Å². The SMILES string of the molecule is COc1c(C(=O)O)ccc2c3n(nc12)[C@@H]1[C@H](C3)N(CC2CC2)[C@]2(Cc3ccc(Cl)cc3NC2=O)[C@H]1c1cccc(Cl)c1F. The highest BCUT2D eigenvalue weighted by molar-refractivity contribution is 6.31. The molecule has 1 aliphatic carbocycles. The van der Waals surface area contributed by atoms with Gasteiger partial charge in [-0.3, -0.25) is 14.4 Å². The van der Waals surface area contributed by atoms with Gasteiger partial charge in [-0.05, 0) is 60.2 Å². The van der Waals surface area contributed by atoms with Crippen molar-refractivity contribution in [3.63, 3.8) is 0 Å². The first-order valence-electron chi connectivity index (χ1n) is 14.3. The summed E-state index contributed by atoms with van der Waals surface area (Å²) in [4.78, 5) is 28.8. The van der Waals surface area contributed by atoms with E-state index in [0.717, 1.165) is 29.5 Å². The lowest BCUT2D eigenvalue weighted by Crippen LogP contribution is -2.61. The molecular weight excluding hydrogens is 594 g/mol. The van der Waals surface area contributed by atoms with Crippen LogP contribution in [0.4, 0.5) is 10.1 Å². The molecule has 220 valence electrons. The quantitative estimate of drug-likeness (QED) is 0.280. The molecule has 8 nitrogen and oxygen atoms in total. The molecule has 4 heterocycles. The molecule has 2 N–H and O–H groups in total. The van der Waals surface area contributed by atoms with Crippen LogP contribution in [0.15, 0.2) is 48.5 Å². The van der Waals surface area contributed by atoms with Crippen LogP contribution < -0.4 is 10.1 Å². The topological polar surface area (TPSA) is 96.7 Å². The van der Waals surface area contributed by atoms with Gasteiger partial charge in [-0.25, -0.2) is 9.18 Å². The minimum Gasteiger partial charge on any atom is -0.493 e. The number of nitrogens with one attached hydrogen (secondary N) is 1. The summed E-state index contributed by atoms with van der Waals surface area (Å²) in [5.74, 6) is -1.90. The maximum atomic E-state index is 16.2. The second-order valence-corrected chi connectivity index (χ2v) is 12.9. The minimum absolute atomic E-state index is 0.00939. The van der Waals surface area contributed by atoms with Crippen molar-refractivity contribution in [3.05, 3.63) is 86.8 Å². The number of hydrogen-bond acceptors (Lipinski definition) is 5. The Morgan fingerprint density at radius 2 is 2.02 bits per heavy atom. The number of carboxylic acids is 1. The number of nitrogens with zero attached hydrogens (tertiary/aromatic N) is 3. The van der Waals surface area contributed by atoms with Crippen molar-refractivity contribution < 1.29 is 23.8 Å². The largest absolute Gasteiger partial charge is 0.493 e. The highest BCUT2D eigenvalue weighted by Crippen LogP contribution is 2.60. The predicted molar refractivity (Wildman–Crippen MR) is 160 cm³/mol. The van der Waals surface area contributed by atoms with Crippen molar-refractivity contribution in [2.75, 3.05) is 19.0 Å². The Balaban J connectivity index is 1.39. The van der Waals surface area contributed by atoms with Crippen LogP contribution in [0.25, 0.3) is 10.9 Å². The first-order chi connectivity index (χ1) is 20.7. The van der Waals surface area contributed by atoms with Gasteiger partial charge in [0.1, 0.15) is 22.4 Å². The normalized spacial score (nSPS) is 26.0. The average molecular weight is 621 g/mol. The molecule has 0 unspecified atom stereocenters. The summed E-state index contributed by atoms with van der Waals surface area (Å²) in [5.41, 5.74) is 2.18. The second-order valence-electron chi connectivity index (χ2n) is 12.1. The molecule has 4 atom stereocenters. The number of hydrogen-bond donors (Lipinski definition) is 2. The number of carboxylic acid groups (broad SMARTS) is 1. The number of fused-ring (bicyclic) bond motifs is 6. The summed E-state index contributed by atoms with van der Waals surface area (Å²) in [6.07, 6.45) is 3.09. The fraction of sp³-hybridized carbons (Fsp3) is 0.344. The molecule has 4 aliphatic rings. The van der Waals surface area contributed by atoms with Crippen LogP contribution in [0, 0.1) is 11.7 Å². The van der Waals surface area contributed by atoms with E-state index in [9.17, 15) is 14.7 Å². The van der Waals surface area contributed by atoms with Gasteiger partial charge in [0.15, 0.2) is 5.75 Å². The molecule has 43 heavy (non-hydrogen) atoms. The van der Waals surface area contributed by atoms with Gasteiger partial charge in [-0.15, -0.1) is 0 Å². The number of amides is 1. The van der Waals surface area contributed by atoms with Gasteiger partial charge in [-0.1, -0.05) is 41.4 Å². The number of carbonyl (C=O) groups excluding carboxylic acids is 1. The zero-order valence-electron chi connectivity index (χ0n) is 23.1. The van der Waals surface area contributed by atoms with Gasteiger partial charge >= 0.3 is 5.97 Å². The van der Waals surface area contributed by atoms with Crippen molar-refractivity contribution in [2.24, 2.45) is 5.92 Å². The maximum absolute atomic E-state index is 16.2. The maximum Gasteiger partial charge on any atom is 0.339 e. The Bertz CT molecular complexity index is 1870. The summed E-state index contributed by atoms with van der Waals surface area (Å²) in [6.45, 7) is 0.700. The van der Waals surface area contributed by atoms with Gasteiger partial charge in [0.05, 0.1) is 18.2 Å². The molecule has 3 aromatic carbocycles. The van der Waals surface area contributed by atoms with Crippen LogP contribution in [0.1, 0.15) is 52.0 Å². The molecule has 1 amide bonds. The summed E-state index contributed by atoms with van der Waals surface area (Å²) in [7, 11) is 1.43. The lowest BCUT2D eigenvalue weighted by Gasteiger charge is -2.46. The van der Waals surface area contributed by atoms with E-state index in [1.165, 1.54) is 19.2 Å². The monoisotopic (exact) mass is 620 g/mol. The molecule has 3 aliphatic heterocycles. The number of anilines is 1. The third-order valence-corrected chi connectivity index (χ3v) is 10.4.